The van der Waals surface area contributed by atoms with Crippen LogP contribution in [0.25, 0.3) is 11.1 Å². The highest BCUT2D eigenvalue weighted by atomic mass is 35.5. The predicted molar refractivity (Wildman–Crippen MR) is 68.8 cm³/mol. The number of halogens is 2. The number of carbonyl (C=O) groups is 1. The molecule has 2 nitrogen and oxygen atoms in total. The Bertz CT molecular complexity index is 596. The van der Waals surface area contributed by atoms with Crippen LogP contribution < -0.4 is 4.74 Å². The minimum absolute atomic E-state index is 0.362. The molecule has 0 aliphatic carbocycles. The smallest absolute Gasteiger partial charge is 0.151 e. The van der Waals surface area contributed by atoms with Gasteiger partial charge in [0.05, 0.1) is 12.1 Å². The van der Waals surface area contributed by atoms with Gasteiger partial charge in [-0.3, -0.25) is 4.79 Å². The summed E-state index contributed by atoms with van der Waals surface area (Å²) in [6.07, 6.45) is 0.664. The van der Waals surface area contributed by atoms with Gasteiger partial charge in [0.2, 0.25) is 0 Å². The van der Waals surface area contributed by atoms with Crippen LogP contribution in [0.2, 0.25) is 5.02 Å². The zero-order valence-electron chi connectivity index (χ0n) is 9.61. The Morgan fingerprint density at radius 1 is 1.22 bits per heavy atom. The Morgan fingerprint density at radius 3 is 2.67 bits per heavy atom. The molecule has 0 radical (unpaired) electrons. The number of benzene rings is 2. The SMILES string of the molecule is COc1ccc(F)cc1-c1ccc(Cl)c(C=O)c1. The second kappa shape index (κ2) is 5.19. The number of rotatable bonds is 3. The van der Waals surface area contributed by atoms with E-state index in [4.69, 9.17) is 16.3 Å². The van der Waals surface area contributed by atoms with Gasteiger partial charge in [-0.25, -0.2) is 4.39 Å². The maximum absolute atomic E-state index is 13.3. The van der Waals surface area contributed by atoms with Crippen LogP contribution in [-0.4, -0.2) is 13.4 Å². The lowest BCUT2D eigenvalue weighted by Gasteiger charge is -2.09. The average molecular weight is 265 g/mol. The van der Waals surface area contributed by atoms with Crippen LogP contribution in [-0.2, 0) is 0 Å². The normalized spacial score (nSPS) is 10.2. The van der Waals surface area contributed by atoms with Crippen LogP contribution in [0.5, 0.6) is 5.75 Å². The maximum atomic E-state index is 13.3. The molecule has 0 fully saturated rings. The number of hydrogen-bond acceptors (Lipinski definition) is 2. The van der Waals surface area contributed by atoms with E-state index < -0.39 is 0 Å². The average Bonchev–Trinajstić information content (AvgIpc) is 2.39. The topological polar surface area (TPSA) is 26.3 Å². The van der Waals surface area contributed by atoms with Crippen molar-refractivity contribution in [3.8, 4) is 16.9 Å². The Kier molecular flexibility index (Phi) is 3.63. The number of carbonyl (C=O) groups excluding carboxylic acids is 1. The number of methoxy groups -OCH3 is 1. The molecule has 0 saturated heterocycles. The zero-order chi connectivity index (χ0) is 13.1. The van der Waals surface area contributed by atoms with E-state index in [9.17, 15) is 9.18 Å². The van der Waals surface area contributed by atoms with Crippen molar-refractivity contribution in [1.82, 2.24) is 0 Å². The van der Waals surface area contributed by atoms with Gasteiger partial charge in [0.1, 0.15) is 11.6 Å². The summed E-state index contributed by atoms with van der Waals surface area (Å²) < 4.78 is 18.5. The number of hydrogen-bond donors (Lipinski definition) is 0. The van der Waals surface area contributed by atoms with E-state index in [1.165, 1.54) is 19.2 Å². The Labute approximate surface area is 109 Å². The minimum atomic E-state index is -0.367. The third kappa shape index (κ3) is 2.36. The first-order valence-corrected chi connectivity index (χ1v) is 5.62. The molecule has 0 bridgehead atoms. The van der Waals surface area contributed by atoms with Crippen molar-refractivity contribution >= 4 is 17.9 Å². The molecule has 92 valence electrons. The molecule has 0 atom stereocenters. The molecule has 2 rings (SSSR count). The molecular weight excluding hydrogens is 255 g/mol. The third-order valence-electron chi connectivity index (χ3n) is 2.60. The molecule has 0 aromatic heterocycles. The third-order valence-corrected chi connectivity index (χ3v) is 2.94. The van der Waals surface area contributed by atoms with E-state index in [2.05, 4.69) is 0 Å². The lowest BCUT2D eigenvalue weighted by atomic mass is 10.0. The van der Waals surface area contributed by atoms with Gasteiger partial charge >= 0.3 is 0 Å². The van der Waals surface area contributed by atoms with Crippen molar-refractivity contribution < 1.29 is 13.9 Å². The minimum Gasteiger partial charge on any atom is -0.496 e. The number of aldehydes is 1. The lowest BCUT2D eigenvalue weighted by molar-refractivity contribution is 0.112. The monoisotopic (exact) mass is 264 g/mol. The van der Waals surface area contributed by atoms with Gasteiger partial charge in [-0.1, -0.05) is 17.7 Å². The molecule has 2 aromatic carbocycles. The van der Waals surface area contributed by atoms with E-state index in [1.54, 1.807) is 24.3 Å². The van der Waals surface area contributed by atoms with Crippen LogP contribution in [0.15, 0.2) is 36.4 Å². The van der Waals surface area contributed by atoms with Gasteiger partial charge in [-0.05, 0) is 35.9 Å². The second-order valence-electron chi connectivity index (χ2n) is 3.70. The first-order chi connectivity index (χ1) is 8.65. The fourth-order valence-electron chi connectivity index (χ4n) is 1.71. The Hall–Kier alpha value is -1.87. The summed E-state index contributed by atoms with van der Waals surface area (Å²) in [4.78, 5) is 10.8. The Balaban J connectivity index is 2.60. The van der Waals surface area contributed by atoms with Crippen LogP contribution in [0.1, 0.15) is 10.4 Å². The second-order valence-corrected chi connectivity index (χ2v) is 4.11. The molecule has 0 amide bonds. The van der Waals surface area contributed by atoms with Gasteiger partial charge in [0, 0.05) is 11.1 Å². The lowest BCUT2D eigenvalue weighted by Crippen LogP contribution is -1.91. The zero-order valence-corrected chi connectivity index (χ0v) is 10.4. The highest BCUT2D eigenvalue weighted by molar-refractivity contribution is 6.33. The van der Waals surface area contributed by atoms with Crippen molar-refractivity contribution in [3.05, 3.63) is 52.8 Å². The van der Waals surface area contributed by atoms with E-state index in [0.29, 0.717) is 33.7 Å². The summed E-state index contributed by atoms with van der Waals surface area (Å²) in [6.45, 7) is 0. The number of ether oxygens (including phenoxy) is 1. The molecule has 0 unspecified atom stereocenters. The summed E-state index contributed by atoms with van der Waals surface area (Å²) in [5.74, 6) is 0.170. The van der Waals surface area contributed by atoms with Gasteiger partial charge in [-0.15, -0.1) is 0 Å². The quantitative estimate of drug-likeness (QED) is 0.784. The standard InChI is InChI=1S/C14H10ClFO2/c1-18-14-5-3-11(16)7-12(14)9-2-4-13(15)10(6-9)8-17/h2-8H,1H3. The van der Waals surface area contributed by atoms with Gasteiger partial charge in [-0.2, -0.15) is 0 Å². The molecule has 0 N–H and O–H groups in total. The van der Waals surface area contributed by atoms with Crippen molar-refractivity contribution in [2.75, 3.05) is 7.11 Å². The van der Waals surface area contributed by atoms with E-state index >= 15 is 0 Å². The van der Waals surface area contributed by atoms with Crippen LogP contribution in [0, 0.1) is 5.82 Å². The summed E-state index contributed by atoms with van der Waals surface area (Å²) in [5, 5.41) is 0.365. The molecule has 2 aromatic rings. The highest BCUT2D eigenvalue weighted by Crippen LogP contribution is 2.32. The molecular formula is C14H10ClFO2. The Morgan fingerprint density at radius 2 is 2.00 bits per heavy atom. The van der Waals surface area contributed by atoms with Crippen molar-refractivity contribution in [1.29, 1.82) is 0 Å². The van der Waals surface area contributed by atoms with Gasteiger partial charge in [0.25, 0.3) is 0 Å². The predicted octanol–water partition coefficient (Wildman–Crippen LogP) is 3.97. The molecule has 0 aliphatic heterocycles. The summed E-state index contributed by atoms with van der Waals surface area (Å²) in [6, 6.07) is 9.14. The summed E-state index contributed by atoms with van der Waals surface area (Å²) >= 11 is 5.85. The molecule has 0 saturated carbocycles. The summed E-state index contributed by atoms with van der Waals surface area (Å²) in [5.41, 5.74) is 1.62. The first-order valence-electron chi connectivity index (χ1n) is 5.24. The van der Waals surface area contributed by atoms with Crippen LogP contribution in [0.4, 0.5) is 4.39 Å². The fraction of sp³-hybridized carbons (Fsp3) is 0.0714. The van der Waals surface area contributed by atoms with Crippen LogP contribution >= 0.6 is 11.6 Å². The van der Waals surface area contributed by atoms with Gasteiger partial charge < -0.3 is 4.74 Å². The molecule has 18 heavy (non-hydrogen) atoms. The molecule has 0 heterocycles. The summed E-state index contributed by atoms with van der Waals surface area (Å²) in [7, 11) is 1.51. The molecule has 4 heteroatoms. The van der Waals surface area contributed by atoms with Crippen LogP contribution in [0.3, 0.4) is 0 Å². The highest BCUT2D eigenvalue weighted by Gasteiger charge is 2.09. The first kappa shape index (κ1) is 12.6. The fourth-order valence-corrected chi connectivity index (χ4v) is 1.87. The molecule has 0 aliphatic rings. The van der Waals surface area contributed by atoms with Crippen molar-refractivity contribution in [2.45, 2.75) is 0 Å². The van der Waals surface area contributed by atoms with Gasteiger partial charge in [0.15, 0.2) is 6.29 Å². The molecule has 0 spiro atoms. The maximum Gasteiger partial charge on any atom is 0.151 e. The van der Waals surface area contributed by atoms with Crippen molar-refractivity contribution in [2.24, 2.45) is 0 Å². The van der Waals surface area contributed by atoms with E-state index in [0.717, 1.165) is 0 Å². The van der Waals surface area contributed by atoms with E-state index in [-0.39, 0.29) is 5.82 Å². The van der Waals surface area contributed by atoms with E-state index in [1.807, 2.05) is 0 Å². The van der Waals surface area contributed by atoms with Crippen molar-refractivity contribution in [3.63, 3.8) is 0 Å². The largest absolute Gasteiger partial charge is 0.496 e.